The van der Waals surface area contributed by atoms with E-state index in [9.17, 15) is 4.39 Å². The molecule has 0 aliphatic heterocycles. The fourth-order valence-electron chi connectivity index (χ4n) is 1.32. The number of hydrogen-bond acceptors (Lipinski definition) is 3. The predicted octanol–water partition coefficient (Wildman–Crippen LogP) is 2.53. The fraction of sp³-hybridized carbons (Fsp3) is 0.417. The van der Waals surface area contributed by atoms with Gasteiger partial charge in [-0.1, -0.05) is 0 Å². The molecule has 3 nitrogen and oxygen atoms in total. The van der Waals surface area contributed by atoms with Gasteiger partial charge in [-0.25, -0.2) is 4.39 Å². The van der Waals surface area contributed by atoms with Crippen LogP contribution in [0.1, 0.15) is 19.4 Å². The number of nitriles is 1. The first kappa shape index (κ1) is 12.5. The van der Waals surface area contributed by atoms with E-state index in [1.165, 1.54) is 12.1 Å². The van der Waals surface area contributed by atoms with Crippen molar-refractivity contribution in [3.05, 3.63) is 29.6 Å². The zero-order valence-corrected chi connectivity index (χ0v) is 9.46. The van der Waals surface area contributed by atoms with Gasteiger partial charge in [-0.2, -0.15) is 5.26 Å². The maximum absolute atomic E-state index is 13.0. The van der Waals surface area contributed by atoms with Crippen molar-refractivity contribution in [2.45, 2.75) is 19.9 Å². The lowest BCUT2D eigenvalue weighted by Crippen LogP contribution is -2.21. The van der Waals surface area contributed by atoms with Gasteiger partial charge in [-0.3, -0.25) is 0 Å². The van der Waals surface area contributed by atoms with Gasteiger partial charge in [-0.05, 0) is 32.0 Å². The molecule has 0 aromatic heterocycles. The Kier molecular flexibility index (Phi) is 4.74. The molecule has 0 saturated carbocycles. The number of rotatable bonds is 5. The summed E-state index contributed by atoms with van der Waals surface area (Å²) in [5.74, 6) is -0.495. The van der Waals surface area contributed by atoms with E-state index in [-0.39, 0.29) is 11.6 Å². The summed E-state index contributed by atoms with van der Waals surface area (Å²) in [4.78, 5) is 0. The molecule has 0 fully saturated rings. The molecule has 0 aliphatic carbocycles. The van der Waals surface area contributed by atoms with Gasteiger partial charge in [0.1, 0.15) is 11.9 Å². The summed E-state index contributed by atoms with van der Waals surface area (Å²) in [6.07, 6.45) is 0. The van der Waals surface area contributed by atoms with E-state index in [1.54, 1.807) is 12.1 Å². The summed E-state index contributed by atoms with van der Waals surface area (Å²) >= 11 is 0. The highest BCUT2D eigenvalue weighted by Gasteiger charge is 2.05. The van der Waals surface area contributed by atoms with E-state index in [2.05, 4.69) is 5.32 Å². The van der Waals surface area contributed by atoms with Gasteiger partial charge >= 0.3 is 0 Å². The number of nitrogens with zero attached hydrogens (tertiary/aromatic N) is 1. The van der Waals surface area contributed by atoms with Gasteiger partial charge in [0.2, 0.25) is 0 Å². The molecule has 0 spiro atoms. The van der Waals surface area contributed by atoms with Gasteiger partial charge in [-0.15, -0.1) is 0 Å². The van der Waals surface area contributed by atoms with E-state index >= 15 is 0 Å². The Bertz CT molecular complexity index is 387. The van der Waals surface area contributed by atoms with Crippen LogP contribution in [0.15, 0.2) is 18.2 Å². The smallest absolute Gasteiger partial charge is 0.141 e. The van der Waals surface area contributed by atoms with E-state index in [1.807, 2.05) is 13.8 Å². The summed E-state index contributed by atoms with van der Waals surface area (Å²) in [5.41, 5.74) is 0.777. The van der Waals surface area contributed by atoms with Crippen LogP contribution < -0.4 is 5.32 Å². The molecule has 1 atom stereocenters. The first-order chi connectivity index (χ1) is 7.67. The Hall–Kier alpha value is -1.60. The van der Waals surface area contributed by atoms with Crippen LogP contribution in [0.5, 0.6) is 0 Å². The maximum atomic E-state index is 13.0. The van der Waals surface area contributed by atoms with Crippen LogP contribution in [0.2, 0.25) is 0 Å². The normalized spacial score (nSPS) is 11.9. The van der Waals surface area contributed by atoms with Crippen LogP contribution in [0.3, 0.4) is 0 Å². The lowest BCUT2D eigenvalue weighted by Gasteiger charge is -2.15. The fourth-order valence-corrected chi connectivity index (χ4v) is 1.32. The molecule has 0 amide bonds. The molecular weight excluding hydrogens is 207 g/mol. The van der Waals surface area contributed by atoms with Crippen LogP contribution in [0.25, 0.3) is 0 Å². The highest BCUT2D eigenvalue weighted by atomic mass is 19.1. The molecule has 0 aliphatic rings. The van der Waals surface area contributed by atoms with Gasteiger partial charge < -0.3 is 10.1 Å². The highest BCUT2D eigenvalue weighted by molar-refractivity contribution is 5.50. The molecule has 1 aromatic rings. The predicted molar refractivity (Wildman–Crippen MR) is 60.7 cm³/mol. The van der Waals surface area contributed by atoms with E-state index in [0.29, 0.717) is 13.2 Å². The Labute approximate surface area is 94.8 Å². The minimum atomic E-state index is -0.495. The molecule has 1 unspecified atom stereocenters. The van der Waals surface area contributed by atoms with E-state index in [4.69, 9.17) is 10.00 Å². The topological polar surface area (TPSA) is 45.0 Å². The highest BCUT2D eigenvalue weighted by Crippen LogP contribution is 2.14. The quantitative estimate of drug-likeness (QED) is 0.832. The molecule has 0 saturated heterocycles. The summed E-state index contributed by atoms with van der Waals surface area (Å²) in [6.45, 7) is 5.14. The number of anilines is 1. The van der Waals surface area contributed by atoms with Gasteiger partial charge in [0.05, 0.1) is 12.2 Å². The Balaban J connectivity index is 2.64. The monoisotopic (exact) mass is 222 g/mol. The number of nitrogens with one attached hydrogen (secondary N) is 1. The maximum Gasteiger partial charge on any atom is 0.141 e. The first-order valence-corrected chi connectivity index (χ1v) is 5.21. The van der Waals surface area contributed by atoms with Crippen LogP contribution in [0.4, 0.5) is 10.1 Å². The third kappa shape index (κ3) is 3.52. The lowest BCUT2D eigenvalue weighted by atomic mass is 10.2. The van der Waals surface area contributed by atoms with Crippen LogP contribution in [-0.2, 0) is 4.74 Å². The van der Waals surface area contributed by atoms with Crippen molar-refractivity contribution < 1.29 is 9.13 Å². The Morgan fingerprint density at radius 3 is 2.94 bits per heavy atom. The van der Waals surface area contributed by atoms with E-state index < -0.39 is 5.82 Å². The molecule has 1 aromatic carbocycles. The minimum absolute atomic E-state index is 0.0496. The molecule has 1 N–H and O–H groups in total. The van der Waals surface area contributed by atoms with Crippen molar-refractivity contribution in [3.63, 3.8) is 0 Å². The number of hydrogen-bond donors (Lipinski definition) is 1. The molecular formula is C12H15FN2O. The average Bonchev–Trinajstić information content (AvgIpc) is 2.29. The van der Waals surface area contributed by atoms with Crippen molar-refractivity contribution in [1.82, 2.24) is 0 Å². The molecule has 86 valence electrons. The molecule has 4 heteroatoms. The third-order valence-corrected chi connectivity index (χ3v) is 2.07. The van der Waals surface area contributed by atoms with Crippen molar-refractivity contribution in [3.8, 4) is 6.07 Å². The second-order valence-corrected chi connectivity index (χ2v) is 3.51. The van der Waals surface area contributed by atoms with Crippen molar-refractivity contribution >= 4 is 5.69 Å². The van der Waals surface area contributed by atoms with Crippen molar-refractivity contribution in [1.29, 1.82) is 5.26 Å². The van der Waals surface area contributed by atoms with Crippen molar-refractivity contribution in [2.24, 2.45) is 0 Å². The molecule has 16 heavy (non-hydrogen) atoms. The third-order valence-electron chi connectivity index (χ3n) is 2.07. The summed E-state index contributed by atoms with van der Waals surface area (Å²) in [7, 11) is 0. The SMILES string of the molecule is CCOCC(C)Nc1ccc(F)c(C#N)c1. The van der Waals surface area contributed by atoms with Gasteiger partial charge in [0, 0.05) is 18.3 Å². The largest absolute Gasteiger partial charge is 0.380 e. The van der Waals surface area contributed by atoms with Crippen LogP contribution in [-0.4, -0.2) is 19.3 Å². The second kappa shape index (κ2) is 6.09. The zero-order chi connectivity index (χ0) is 12.0. The minimum Gasteiger partial charge on any atom is -0.380 e. The summed E-state index contributed by atoms with van der Waals surface area (Å²) in [5, 5.41) is 11.8. The van der Waals surface area contributed by atoms with Gasteiger partial charge in [0.25, 0.3) is 0 Å². The van der Waals surface area contributed by atoms with E-state index in [0.717, 1.165) is 5.69 Å². The summed E-state index contributed by atoms with van der Waals surface area (Å²) in [6, 6.07) is 6.32. The molecule has 0 radical (unpaired) electrons. The second-order valence-electron chi connectivity index (χ2n) is 3.51. The molecule has 0 bridgehead atoms. The molecule has 0 heterocycles. The number of ether oxygens (including phenoxy) is 1. The zero-order valence-electron chi connectivity index (χ0n) is 9.46. The standard InChI is InChI=1S/C12H15FN2O/c1-3-16-8-9(2)15-11-4-5-12(13)10(6-11)7-14/h4-6,9,15H,3,8H2,1-2H3. The summed E-state index contributed by atoms with van der Waals surface area (Å²) < 4.78 is 18.3. The number of halogens is 1. The Morgan fingerprint density at radius 2 is 2.31 bits per heavy atom. The average molecular weight is 222 g/mol. The van der Waals surface area contributed by atoms with Gasteiger partial charge in [0.15, 0.2) is 0 Å². The van der Waals surface area contributed by atoms with Crippen LogP contribution in [0, 0.1) is 17.1 Å². The first-order valence-electron chi connectivity index (χ1n) is 5.21. The van der Waals surface area contributed by atoms with Crippen molar-refractivity contribution in [2.75, 3.05) is 18.5 Å². The lowest BCUT2D eigenvalue weighted by molar-refractivity contribution is 0.141. The number of benzene rings is 1. The Morgan fingerprint density at radius 1 is 1.56 bits per heavy atom. The molecule has 1 rings (SSSR count). The van der Waals surface area contributed by atoms with Crippen LogP contribution >= 0.6 is 0 Å².